The lowest BCUT2D eigenvalue weighted by atomic mass is 10.2. The van der Waals surface area contributed by atoms with Crippen molar-refractivity contribution in [3.8, 4) is 22.2 Å². The molecule has 0 spiro atoms. The Morgan fingerprint density at radius 2 is 1.94 bits per heavy atom. The van der Waals surface area contributed by atoms with Gasteiger partial charge in [-0.25, -0.2) is 0 Å². The average molecular weight is 441 g/mol. The summed E-state index contributed by atoms with van der Waals surface area (Å²) >= 11 is 1.60. The summed E-state index contributed by atoms with van der Waals surface area (Å²) in [4.78, 5) is 22.6. The third kappa shape index (κ3) is 4.57. The molecule has 2 aromatic heterocycles. The highest BCUT2D eigenvalue weighted by molar-refractivity contribution is 7.13. The van der Waals surface area contributed by atoms with Gasteiger partial charge in [-0.15, -0.1) is 11.3 Å². The van der Waals surface area contributed by atoms with Crippen LogP contribution in [0.25, 0.3) is 10.7 Å². The number of para-hydroxylation sites is 2. The van der Waals surface area contributed by atoms with Crippen LogP contribution < -0.4 is 9.47 Å². The van der Waals surface area contributed by atoms with Crippen LogP contribution in [0.2, 0.25) is 0 Å². The predicted molar refractivity (Wildman–Crippen MR) is 115 cm³/mol. The van der Waals surface area contributed by atoms with Crippen molar-refractivity contribution in [3.05, 3.63) is 47.7 Å². The van der Waals surface area contributed by atoms with Crippen molar-refractivity contribution in [2.24, 2.45) is 0 Å². The summed E-state index contributed by atoms with van der Waals surface area (Å²) in [6.45, 7) is 4.29. The van der Waals surface area contributed by atoms with Gasteiger partial charge < -0.3 is 18.9 Å². The molecule has 31 heavy (non-hydrogen) atoms. The number of hydrogen-bond acceptors (Lipinski definition) is 8. The van der Waals surface area contributed by atoms with Crippen molar-refractivity contribution in [1.82, 2.24) is 19.9 Å². The maximum atomic E-state index is 12.8. The number of benzene rings is 1. The number of carbonyl (C=O) groups is 1. The first-order chi connectivity index (χ1) is 15.3. The van der Waals surface area contributed by atoms with E-state index in [4.69, 9.17) is 14.0 Å². The molecule has 8 nitrogen and oxygen atoms in total. The standard InChI is InChI=1S/C22H24N4O4S/c27-22(18-15-28-16-5-1-2-6-17(16)29-18)26-12-10-25(11-13-26)9-3-8-20-23-21(24-30-20)19-7-4-14-31-19/h1-2,4-7,14,18H,3,8-13,15H2. The van der Waals surface area contributed by atoms with Crippen LogP contribution in [-0.2, 0) is 11.2 Å². The van der Waals surface area contributed by atoms with E-state index in [0.717, 1.165) is 37.4 Å². The molecule has 0 saturated carbocycles. The highest BCUT2D eigenvalue weighted by atomic mass is 32.1. The summed E-state index contributed by atoms with van der Waals surface area (Å²) in [7, 11) is 0. The van der Waals surface area contributed by atoms with Crippen molar-refractivity contribution >= 4 is 17.2 Å². The molecule has 1 amide bonds. The van der Waals surface area contributed by atoms with Gasteiger partial charge >= 0.3 is 0 Å². The van der Waals surface area contributed by atoms with E-state index in [1.54, 1.807) is 11.3 Å². The Hall–Kier alpha value is -2.91. The predicted octanol–water partition coefficient (Wildman–Crippen LogP) is 2.71. The molecule has 0 radical (unpaired) electrons. The molecule has 1 fully saturated rings. The third-order valence-corrected chi connectivity index (χ3v) is 6.41. The summed E-state index contributed by atoms with van der Waals surface area (Å²) in [5.41, 5.74) is 0. The van der Waals surface area contributed by atoms with Gasteiger partial charge in [0, 0.05) is 32.6 Å². The van der Waals surface area contributed by atoms with Gasteiger partial charge in [0.25, 0.3) is 5.91 Å². The van der Waals surface area contributed by atoms with E-state index >= 15 is 0 Å². The van der Waals surface area contributed by atoms with Crippen molar-refractivity contribution in [2.75, 3.05) is 39.3 Å². The lowest BCUT2D eigenvalue weighted by Gasteiger charge is -2.37. The second-order valence-corrected chi connectivity index (χ2v) is 8.57. The van der Waals surface area contributed by atoms with Gasteiger partial charge in [-0.3, -0.25) is 9.69 Å². The molecule has 4 heterocycles. The van der Waals surface area contributed by atoms with Gasteiger partial charge in [0.1, 0.15) is 6.61 Å². The fourth-order valence-electron chi connectivity index (χ4n) is 3.85. The van der Waals surface area contributed by atoms with Crippen LogP contribution in [0.1, 0.15) is 12.3 Å². The largest absolute Gasteiger partial charge is 0.485 e. The van der Waals surface area contributed by atoms with E-state index in [-0.39, 0.29) is 12.5 Å². The van der Waals surface area contributed by atoms with Crippen LogP contribution in [0.5, 0.6) is 11.5 Å². The third-order valence-electron chi connectivity index (χ3n) is 5.54. The summed E-state index contributed by atoms with van der Waals surface area (Å²) < 4.78 is 16.9. The number of piperazine rings is 1. The van der Waals surface area contributed by atoms with E-state index in [1.165, 1.54) is 0 Å². The average Bonchev–Trinajstić information content (AvgIpc) is 3.51. The molecule has 1 aromatic carbocycles. The van der Waals surface area contributed by atoms with Gasteiger partial charge in [0.2, 0.25) is 17.8 Å². The number of amides is 1. The highest BCUT2D eigenvalue weighted by Gasteiger charge is 2.32. The first kappa shape index (κ1) is 20.0. The Morgan fingerprint density at radius 3 is 2.74 bits per heavy atom. The normalized spacial score (nSPS) is 18.8. The van der Waals surface area contributed by atoms with Gasteiger partial charge in [-0.2, -0.15) is 4.98 Å². The molecule has 9 heteroatoms. The van der Waals surface area contributed by atoms with Gasteiger partial charge in [0.05, 0.1) is 4.88 Å². The minimum atomic E-state index is -0.573. The fraction of sp³-hybridized carbons (Fsp3) is 0.409. The Balaban J connectivity index is 1.05. The molecule has 5 rings (SSSR count). The van der Waals surface area contributed by atoms with Gasteiger partial charge in [0.15, 0.2) is 11.5 Å². The number of aromatic nitrogens is 2. The number of aryl methyl sites for hydroxylation is 1. The molecule has 0 bridgehead atoms. The molecule has 2 aliphatic rings. The zero-order chi connectivity index (χ0) is 21.0. The van der Waals surface area contributed by atoms with E-state index in [9.17, 15) is 4.79 Å². The quantitative estimate of drug-likeness (QED) is 0.583. The molecule has 1 saturated heterocycles. The monoisotopic (exact) mass is 440 g/mol. The summed E-state index contributed by atoms with van der Waals surface area (Å²) in [5, 5.41) is 6.06. The number of carbonyl (C=O) groups excluding carboxylic acids is 1. The number of hydrogen-bond donors (Lipinski definition) is 0. The first-order valence-electron chi connectivity index (χ1n) is 10.5. The van der Waals surface area contributed by atoms with Crippen molar-refractivity contribution in [1.29, 1.82) is 0 Å². The zero-order valence-corrected chi connectivity index (χ0v) is 17.9. The second-order valence-electron chi connectivity index (χ2n) is 7.62. The Bertz CT molecular complexity index is 1010. The Morgan fingerprint density at radius 1 is 1.10 bits per heavy atom. The summed E-state index contributed by atoms with van der Waals surface area (Å²) in [6, 6.07) is 11.4. The fourth-order valence-corrected chi connectivity index (χ4v) is 4.50. The number of rotatable bonds is 6. The van der Waals surface area contributed by atoms with Crippen molar-refractivity contribution in [3.63, 3.8) is 0 Å². The topological polar surface area (TPSA) is 80.9 Å². The van der Waals surface area contributed by atoms with E-state index in [0.29, 0.717) is 36.3 Å². The molecule has 0 N–H and O–H groups in total. The lowest BCUT2D eigenvalue weighted by Crippen LogP contribution is -2.54. The van der Waals surface area contributed by atoms with Crippen LogP contribution in [-0.4, -0.2) is 71.3 Å². The SMILES string of the molecule is O=C(C1COc2ccccc2O1)N1CCN(CCCc2nc(-c3cccs3)no2)CC1. The van der Waals surface area contributed by atoms with Crippen LogP contribution in [0.4, 0.5) is 0 Å². The summed E-state index contributed by atoms with van der Waals surface area (Å²) in [6.07, 6.45) is 1.12. The number of ether oxygens (including phenoxy) is 2. The zero-order valence-electron chi connectivity index (χ0n) is 17.1. The molecule has 3 aromatic rings. The van der Waals surface area contributed by atoms with Gasteiger partial charge in [-0.05, 0) is 36.5 Å². The Kier molecular flexibility index (Phi) is 5.86. The van der Waals surface area contributed by atoms with Crippen LogP contribution in [0.3, 0.4) is 0 Å². The van der Waals surface area contributed by atoms with E-state index in [1.807, 2.05) is 46.7 Å². The lowest BCUT2D eigenvalue weighted by molar-refractivity contribution is -0.143. The van der Waals surface area contributed by atoms with Gasteiger partial charge in [-0.1, -0.05) is 23.4 Å². The number of nitrogens with zero attached hydrogens (tertiary/aromatic N) is 4. The molecular weight excluding hydrogens is 416 g/mol. The second kappa shape index (κ2) is 9.07. The van der Waals surface area contributed by atoms with Crippen LogP contribution >= 0.6 is 11.3 Å². The highest BCUT2D eigenvalue weighted by Crippen LogP contribution is 2.31. The van der Waals surface area contributed by atoms with E-state index in [2.05, 4.69) is 15.0 Å². The minimum absolute atomic E-state index is 0.00104. The molecule has 2 aliphatic heterocycles. The first-order valence-corrected chi connectivity index (χ1v) is 11.4. The smallest absolute Gasteiger partial charge is 0.267 e. The Labute approximate surface area is 184 Å². The molecule has 162 valence electrons. The molecular formula is C22H24N4O4S. The molecule has 1 atom stereocenters. The van der Waals surface area contributed by atoms with Crippen molar-refractivity contribution in [2.45, 2.75) is 18.9 Å². The number of thiophene rings is 1. The van der Waals surface area contributed by atoms with Crippen LogP contribution in [0, 0.1) is 0 Å². The molecule has 0 aliphatic carbocycles. The molecule has 1 unspecified atom stereocenters. The van der Waals surface area contributed by atoms with Crippen LogP contribution in [0.15, 0.2) is 46.3 Å². The minimum Gasteiger partial charge on any atom is -0.485 e. The summed E-state index contributed by atoms with van der Waals surface area (Å²) in [5.74, 6) is 2.66. The number of fused-ring (bicyclic) bond motifs is 1. The van der Waals surface area contributed by atoms with E-state index < -0.39 is 6.10 Å². The maximum Gasteiger partial charge on any atom is 0.267 e. The maximum absolute atomic E-state index is 12.8. The van der Waals surface area contributed by atoms with Crippen molar-refractivity contribution < 1.29 is 18.8 Å².